The molecule has 7 nitrogen and oxygen atoms in total. The van der Waals surface area contributed by atoms with Crippen molar-refractivity contribution in [2.45, 2.75) is 25.3 Å². The van der Waals surface area contributed by atoms with Crippen molar-refractivity contribution in [3.8, 4) is 0 Å². The van der Waals surface area contributed by atoms with Crippen LogP contribution in [0.4, 0.5) is 14.5 Å². The van der Waals surface area contributed by atoms with Crippen LogP contribution >= 0.6 is 0 Å². The number of nitrogens with one attached hydrogen (secondary N) is 1. The van der Waals surface area contributed by atoms with E-state index in [1.807, 2.05) is 0 Å². The Labute approximate surface area is 162 Å². The van der Waals surface area contributed by atoms with E-state index in [-0.39, 0.29) is 17.8 Å². The molecular weight excluding hydrogens is 380 g/mol. The van der Waals surface area contributed by atoms with Crippen LogP contribution in [0.1, 0.15) is 24.5 Å². The molecular formula is C20H15F2N5O2. The fraction of sp³-hybridized carbons (Fsp3) is 0.200. The molecule has 1 saturated carbocycles. The minimum Gasteiger partial charge on any atom is -0.324 e. The highest BCUT2D eigenvalue weighted by atomic mass is 19.1. The molecule has 1 aromatic carbocycles. The van der Waals surface area contributed by atoms with Crippen molar-refractivity contribution in [2.24, 2.45) is 0 Å². The second kappa shape index (κ2) is 6.47. The van der Waals surface area contributed by atoms with Crippen LogP contribution in [0.15, 0.2) is 47.4 Å². The van der Waals surface area contributed by atoms with Crippen molar-refractivity contribution in [2.75, 3.05) is 5.32 Å². The second-order valence-corrected chi connectivity index (χ2v) is 7.08. The van der Waals surface area contributed by atoms with Gasteiger partial charge in [-0.25, -0.2) is 18.3 Å². The highest BCUT2D eigenvalue weighted by Gasteiger charge is 2.28. The zero-order chi connectivity index (χ0) is 20.1. The molecule has 146 valence electrons. The summed E-state index contributed by atoms with van der Waals surface area (Å²) < 4.78 is 29.5. The molecule has 1 aliphatic rings. The molecule has 1 fully saturated rings. The number of carbonyl (C=O) groups is 1. The third-order valence-electron chi connectivity index (χ3n) is 4.89. The van der Waals surface area contributed by atoms with Crippen LogP contribution in [0.25, 0.3) is 16.7 Å². The van der Waals surface area contributed by atoms with Gasteiger partial charge >= 0.3 is 0 Å². The largest absolute Gasteiger partial charge is 0.324 e. The van der Waals surface area contributed by atoms with Crippen LogP contribution in [0.5, 0.6) is 0 Å². The summed E-state index contributed by atoms with van der Waals surface area (Å²) in [6, 6.07) is 7.80. The number of aromatic nitrogens is 4. The molecule has 3 heterocycles. The van der Waals surface area contributed by atoms with Crippen molar-refractivity contribution in [1.82, 2.24) is 19.2 Å². The van der Waals surface area contributed by atoms with Crippen LogP contribution in [0.2, 0.25) is 0 Å². The van der Waals surface area contributed by atoms with Crippen LogP contribution in [0, 0.1) is 11.6 Å². The first kappa shape index (κ1) is 17.5. The Hall–Kier alpha value is -3.62. The number of fused-ring (bicyclic) bond motifs is 3. The fourth-order valence-electron chi connectivity index (χ4n) is 3.43. The zero-order valence-electron chi connectivity index (χ0n) is 15.1. The summed E-state index contributed by atoms with van der Waals surface area (Å²) >= 11 is 0. The Balaban J connectivity index is 1.57. The molecule has 0 unspecified atom stereocenters. The Morgan fingerprint density at radius 3 is 2.62 bits per heavy atom. The average Bonchev–Trinajstić information content (AvgIpc) is 3.42. The minimum atomic E-state index is -0.805. The highest BCUT2D eigenvalue weighted by molar-refractivity contribution is 5.91. The molecule has 0 aliphatic heterocycles. The predicted molar refractivity (Wildman–Crippen MR) is 102 cm³/mol. The number of carbonyl (C=O) groups excluding carboxylic acids is 1. The van der Waals surface area contributed by atoms with E-state index in [0.717, 1.165) is 30.7 Å². The molecule has 1 N–H and O–H groups in total. The molecule has 4 aromatic rings. The Morgan fingerprint density at radius 1 is 1.14 bits per heavy atom. The first-order chi connectivity index (χ1) is 14.0. The van der Waals surface area contributed by atoms with E-state index in [0.29, 0.717) is 28.7 Å². The van der Waals surface area contributed by atoms with Gasteiger partial charge in [0.15, 0.2) is 5.65 Å². The summed E-state index contributed by atoms with van der Waals surface area (Å²) in [4.78, 5) is 29.9. The summed E-state index contributed by atoms with van der Waals surface area (Å²) in [5.41, 5.74) is 1.67. The predicted octanol–water partition coefficient (Wildman–Crippen LogP) is 2.84. The highest BCUT2D eigenvalue weighted by Crippen LogP contribution is 2.39. The second-order valence-electron chi connectivity index (χ2n) is 7.08. The molecule has 0 saturated heterocycles. The van der Waals surface area contributed by atoms with Gasteiger partial charge in [0.1, 0.15) is 23.7 Å². The quantitative estimate of drug-likeness (QED) is 0.576. The molecule has 3 aromatic heterocycles. The van der Waals surface area contributed by atoms with E-state index in [9.17, 15) is 18.4 Å². The number of hydrogen-bond donors (Lipinski definition) is 1. The van der Waals surface area contributed by atoms with Gasteiger partial charge in [0.2, 0.25) is 5.91 Å². The Morgan fingerprint density at radius 2 is 1.90 bits per heavy atom. The maximum atomic E-state index is 13.4. The van der Waals surface area contributed by atoms with Gasteiger partial charge in [0.25, 0.3) is 5.56 Å². The number of halogens is 2. The number of benzene rings is 1. The van der Waals surface area contributed by atoms with E-state index in [2.05, 4.69) is 15.4 Å². The zero-order valence-corrected chi connectivity index (χ0v) is 15.1. The molecule has 1 aliphatic carbocycles. The maximum absolute atomic E-state index is 13.4. The van der Waals surface area contributed by atoms with E-state index in [4.69, 9.17) is 0 Å². The standard InChI is InChI=1S/C20H15F2N5O2/c21-12-6-13(22)8-14(7-12)24-18(28)10-26-16-2-1-5-23-19(16)27-17(20(26)29)9-15(25-27)11-3-4-11/h1-2,5-9,11H,3-4,10H2,(H,24,28). The van der Waals surface area contributed by atoms with E-state index in [1.165, 1.54) is 9.08 Å². The smallest absolute Gasteiger partial charge is 0.277 e. The molecule has 9 heteroatoms. The van der Waals surface area contributed by atoms with Gasteiger partial charge in [-0.2, -0.15) is 5.10 Å². The molecule has 0 spiro atoms. The SMILES string of the molecule is O=C(Cn1c(=O)c2cc(C3CC3)nn2c2ncccc21)Nc1cc(F)cc(F)c1. The monoisotopic (exact) mass is 395 g/mol. The van der Waals surface area contributed by atoms with Gasteiger partial charge in [0, 0.05) is 23.9 Å². The average molecular weight is 395 g/mol. The van der Waals surface area contributed by atoms with Crippen molar-refractivity contribution < 1.29 is 13.6 Å². The van der Waals surface area contributed by atoms with Crippen molar-refractivity contribution in [3.05, 3.63) is 70.3 Å². The summed E-state index contributed by atoms with van der Waals surface area (Å²) in [6.07, 6.45) is 3.66. The van der Waals surface area contributed by atoms with Crippen LogP contribution in [-0.4, -0.2) is 25.1 Å². The van der Waals surface area contributed by atoms with E-state index >= 15 is 0 Å². The first-order valence-corrected chi connectivity index (χ1v) is 9.13. The summed E-state index contributed by atoms with van der Waals surface area (Å²) in [7, 11) is 0. The van der Waals surface area contributed by atoms with Gasteiger partial charge in [-0.05, 0) is 43.2 Å². The number of hydrogen-bond acceptors (Lipinski definition) is 4. The van der Waals surface area contributed by atoms with Crippen molar-refractivity contribution >= 4 is 28.3 Å². The molecule has 5 rings (SSSR count). The van der Waals surface area contributed by atoms with Crippen molar-refractivity contribution in [1.29, 1.82) is 0 Å². The number of anilines is 1. The number of pyridine rings is 1. The lowest BCUT2D eigenvalue weighted by Crippen LogP contribution is -2.29. The Kier molecular flexibility index (Phi) is 3.90. The third kappa shape index (κ3) is 3.14. The van der Waals surface area contributed by atoms with Gasteiger partial charge in [-0.15, -0.1) is 0 Å². The number of rotatable bonds is 4. The fourth-order valence-corrected chi connectivity index (χ4v) is 3.43. The van der Waals surface area contributed by atoms with Crippen LogP contribution < -0.4 is 10.9 Å². The van der Waals surface area contributed by atoms with Crippen LogP contribution in [0.3, 0.4) is 0 Å². The Bertz CT molecular complexity index is 1320. The lowest BCUT2D eigenvalue weighted by Gasteiger charge is -2.11. The number of amides is 1. The van der Waals surface area contributed by atoms with Crippen LogP contribution in [-0.2, 0) is 11.3 Å². The summed E-state index contributed by atoms with van der Waals surface area (Å²) in [5, 5.41) is 6.95. The normalized spacial score (nSPS) is 13.9. The lowest BCUT2D eigenvalue weighted by atomic mass is 10.3. The topological polar surface area (TPSA) is 81.3 Å². The van der Waals surface area contributed by atoms with Crippen molar-refractivity contribution in [3.63, 3.8) is 0 Å². The summed E-state index contributed by atoms with van der Waals surface area (Å²) in [6.45, 7) is -0.334. The number of nitrogens with zero attached hydrogens (tertiary/aromatic N) is 4. The van der Waals surface area contributed by atoms with Gasteiger partial charge < -0.3 is 5.32 Å². The summed E-state index contributed by atoms with van der Waals surface area (Å²) in [5.74, 6) is -1.85. The molecule has 0 radical (unpaired) electrons. The molecule has 0 bridgehead atoms. The lowest BCUT2D eigenvalue weighted by molar-refractivity contribution is -0.116. The van der Waals surface area contributed by atoms with Gasteiger partial charge in [-0.1, -0.05) is 0 Å². The molecule has 1 amide bonds. The third-order valence-corrected chi connectivity index (χ3v) is 4.89. The minimum absolute atomic E-state index is 0.0237. The molecule has 0 atom stereocenters. The first-order valence-electron chi connectivity index (χ1n) is 9.13. The maximum Gasteiger partial charge on any atom is 0.277 e. The molecule has 29 heavy (non-hydrogen) atoms. The van der Waals surface area contributed by atoms with Gasteiger partial charge in [0.05, 0.1) is 11.2 Å². The van der Waals surface area contributed by atoms with Gasteiger partial charge in [-0.3, -0.25) is 14.2 Å². The van der Waals surface area contributed by atoms with E-state index in [1.54, 1.807) is 24.4 Å². The van der Waals surface area contributed by atoms with E-state index < -0.39 is 17.5 Å².